The summed E-state index contributed by atoms with van der Waals surface area (Å²) < 4.78 is 2.74. The number of fused-ring (bicyclic) bond motifs is 2. The maximum Gasteiger partial charge on any atom is 0.265 e. The fraction of sp³-hybridized carbons (Fsp3) is 0.158. The summed E-state index contributed by atoms with van der Waals surface area (Å²) in [4.78, 5) is 28.7. The highest BCUT2D eigenvalue weighted by molar-refractivity contribution is 5.91. The number of nitrogens with zero attached hydrogens (tertiary/aromatic N) is 4. The van der Waals surface area contributed by atoms with Crippen molar-refractivity contribution in [1.29, 1.82) is 0 Å². The van der Waals surface area contributed by atoms with Crippen LogP contribution in [0.1, 0.15) is 22.8 Å². The molecule has 8 nitrogen and oxygen atoms in total. The van der Waals surface area contributed by atoms with E-state index in [2.05, 4.69) is 15.4 Å². The zero-order valence-corrected chi connectivity index (χ0v) is 14.8. The van der Waals surface area contributed by atoms with Crippen molar-refractivity contribution in [2.75, 3.05) is 5.32 Å². The number of pyridine rings is 1. The van der Waals surface area contributed by atoms with Gasteiger partial charge in [-0.1, -0.05) is 6.07 Å². The van der Waals surface area contributed by atoms with Crippen LogP contribution in [0.25, 0.3) is 16.6 Å². The van der Waals surface area contributed by atoms with E-state index in [9.17, 15) is 14.7 Å². The van der Waals surface area contributed by atoms with E-state index in [-0.39, 0.29) is 17.0 Å². The number of nitrogens with one attached hydrogen (secondary N) is 1. The van der Waals surface area contributed by atoms with Gasteiger partial charge in [0.1, 0.15) is 11.5 Å². The first-order chi connectivity index (χ1) is 13.0. The van der Waals surface area contributed by atoms with Crippen molar-refractivity contribution in [3.8, 4) is 0 Å². The molecule has 4 aromatic rings. The summed E-state index contributed by atoms with van der Waals surface area (Å²) in [7, 11) is 0. The zero-order chi connectivity index (χ0) is 19.1. The van der Waals surface area contributed by atoms with Crippen LogP contribution in [-0.4, -0.2) is 30.2 Å². The second-order valence-electron chi connectivity index (χ2n) is 6.31. The third-order valence-electron chi connectivity index (χ3n) is 4.35. The van der Waals surface area contributed by atoms with Crippen LogP contribution in [0.3, 0.4) is 0 Å². The average molecular weight is 363 g/mol. The minimum atomic E-state index is -0.435. The number of aliphatic hydroxyl groups excluding tert-OH is 1. The van der Waals surface area contributed by atoms with E-state index in [1.807, 2.05) is 19.1 Å². The van der Waals surface area contributed by atoms with Gasteiger partial charge in [0.2, 0.25) is 5.91 Å². The molecule has 3 aromatic heterocycles. The Bertz CT molecular complexity index is 1260. The van der Waals surface area contributed by atoms with Crippen molar-refractivity contribution >= 4 is 34.0 Å². The SMILES string of the molecule is CC(=O)n1ncc2cc(Nc3nc4ccc(C)cn4c(=O)c3CO)ccc21. The molecule has 0 aliphatic carbocycles. The van der Waals surface area contributed by atoms with Crippen LogP contribution in [0.5, 0.6) is 0 Å². The number of aryl methyl sites for hydroxylation is 1. The Balaban J connectivity index is 1.81. The molecular formula is C19H17N5O3. The lowest BCUT2D eigenvalue weighted by Gasteiger charge is -2.12. The summed E-state index contributed by atoms with van der Waals surface area (Å²) in [6, 6.07) is 8.96. The fourth-order valence-corrected chi connectivity index (χ4v) is 3.03. The van der Waals surface area contributed by atoms with E-state index in [1.165, 1.54) is 16.0 Å². The van der Waals surface area contributed by atoms with Gasteiger partial charge in [-0.05, 0) is 36.8 Å². The number of anilines is 2. The number of aliphatic hydroxyl groups is 1. The third kappa shape index (κ3) is 2.85. The molecule has 0 saturated heterocycles. The number of hydrogen-bond acceptors (Lipinski definition) is 6. The normalized spacial score (nSPS) is 11.2. The number of aromatic nitrogens is 4. The molecule has 2 N–H and O–H groups in total. The Kier molecular flexibility index (Phi) is 3.97. The Hall–Kier alpha value is -3.52. The van der Waals surface area contributed by atoms with Crippen LogP contribution in [0.15, 0.2) is 47.5 Å². The van der Waals surface area contributed by atoms with Gasteiger partial charge >= 0.3 is 0 Å². The van der Waals surface area contributed by atoms with Crippen molar-refractivity contribution in [3.05, 3.63) is 64.2 Å². The highest BCUT2D eigenvalue weighted by atomic mass is 16.3. The van der Waals surface area contributed by atoms with Gasteiger partial charge in [0.15, 0.2) is 0 Å². The summed E-state index contributed by atoms with van der Waals surface area (Å²) in [6.07, 6.45) is 3.29. The van der Waals surface area contributed by atoms with Gasteiger partial charge in [0.25, 0.3) is 5.56 Å². The Morgan fingerprint density at radius 1 is 1.26 bits per heavy atom. The predicted octanol–water partition coefficient (Wildman–Crippen LogP) is 2.25. The van der Waals surface area contributed by atoms with Crippen LogP contribution in [-0.2, 0) is 6.61 Å². The first kappa shape index (κ1) is 16.9. The molecule has 136 valence electrons. The molecule has 0 aliphatic heterocycles. The molecule has 1 aromatic carbocycles. The summed E-state index contributed by atoms with van der Waals surface area (Å²) in [5, 5.41) is 17.6. The Morgan fingerprint density at radius 2 is 2.07 bits per heavy atom. The molecule has 0 amide bonds. The lowest BCUT2D eigenvalue weighted by atomic mass is 10.2. The number of carbonyl (C=O) groups is 1. The number of rotatable bonds is 3. The molecular weight excluding hydrogens is 346 g/mol. The molecule has 0 unspecified atom stereocenters. The van der Waals surface area contributed by atoms with Crippen LogP contribution in [0.2, 0.25) is 0 Å². The second-order valence-corrected chi connectivity index (χ2v) is 6.31. The highest BCUT2D eigenvalue weighted by Crippen LogP contribution is 2.23. The van der Waals surface area contributed by atoms with E-state index in [0.717, 1.165) is 10.9 Å². The summed E-state index contributed by atoms with van der Waals surface area (Å²) in [5.41, 5.74) is 2.62. The van der Waals surface area contributed by atoms with Crippen molar-refractivity contribution in [1.82, 2.24) is 19.2 Å². The van der Waals surface area contributed by atoms with Crippen LogP contribution >= 0.6 is 0 Å². The minimum absolute atomic E-state index is 0.173. The molecule has 0 spiro atoms. The Morgan fingerprint density at radius 3 is 2.81 bits per heavy atom. The Labute approximate surface area is 153 Å². The molecule has 8 heteroatoms. The van der Waals surface area contributed by atoms with E-state index in [4.69, 9.17) is 0 Å². The summed E-state index contributed by atoms with van der Waals surface area (Å²) in [5.74, 6) is 0.123. The third-order valence-corrected chi connectivity index (χ3v) is 4.35. The molecule has 0 bridgehead atoms. The molecule has 0 fully saturated rings. The molecule has 3 heterocycles. The van der Waals surface area contributed by atoms with Crippen LogP contribution in [0.4, 0.5) is 11.5 Å². The van der Waals surface area contributed by atoms with Gasteiger partial charge in [0, 0.05) is 24.2 Å². The van der Waals surface area contributed by atoms with E-state index in [0.29, 0.717) is 22.7 Å². The maximum atomic E-state index is 12.7. The quantitative estimate of drug-likeness (QED) is 0.579. The van der Waals surface area contributed by atoms with Crippen molar-refractivity contribution in [2.24, 2.45) is 0 Å². The van der Waals surface area contributed by atoms with Gasteiger partial charge in [0.05, 0.1) is 23.9 Å². The lowest BCUT2D eigenvalue weighted by molar-refractivity contribution is 0.0927. The van der Waals surface area contributed by atoms with Crippen molar-refractivity contribution < 1.29 is 9.90 Å². The smallest absolute Gasteiger partial charge is 0.265 e. The fourth-order valence-electron chi connectivity index (χ4n) is 3.03. The van der Waals surface area contributed by atoms with Gasteiger partial charge in [-0.15, -0.1) is 0 Å². The van der Waals surface area contributed by atoms with Crippen molar-refractivity contribution in [2.45, 2.75) is 20.5 Å². The molecule has 27 heavy (non-hydrogen) atoms. The topological polar surface area (TPSA) is 102 Å². The summed E-state index contributed by atoms with van der Waals surface area (Å²) in [6.45, 7) is 2.89. The zero-order valence-electron chi connectivity index (χ0n) is 14.8. The number of hydrogen-bond donors (Lipinski definition) is 2. The minimum Gasteiger partial charge on any atom is -0.391 e. The number of benzene rings is 1. The van der Waals surface area contributed by atoms with Gasteiger partial charge in [-0.2, -0.15) is 5.10 Å². The highest BCUT2D eigenvalue weighted by Gasteiger charge is 2.13. The molecule has 0 aliphatic rings. The van der Waals surface area contributed by atoms with Gasteiger partial charge in [-0.3, -0.25) is 14.0 Å². The van der Waals surface area contributed by atoms with Crippen molar-refractivity contribution in [3.63, 3.8) is 0 Å². The predicted molar refractivity (Wildman–Crippen MR) is 101 cm³/mol. The first-order valence-corrected chi connectivity index (χ1v) is 8.36. The molecule has 0 radical (unpaired) electrons. The van der Waals surface area contributed by atoms with Crippen LogP contribution < -0.4 is 10.9 Å². The molecule has 0 atom stereocenters. The summed E-state index contributed by atoms with van der Waals surface area (Å²) >= 11 is 0. The van der Waals surface area contributed by atoms with E-state index >= 15 is 0 Å². The average Bonchev–Trinajstić information content (AvgIpc) is 3.06. The lowest BCUT2D eigenvalue weighted by Crippen LogP contribution is -2.22. The van der Waals surface area contributed by atoms with E-state index < -0.39 is 6.61 Å². The second kappa shape index (κ2) is 6.33. The molecule has 4 rings (SSSR count). The first-order valence-electron chi connectivity index (χ1n) is 8.36. The van der Waals surface area contributed by atoms with Crippen LogP contribution in [0, 0.1) is 6.92 Å². The largest absolute Gasteiger partial charge is 0.391 e. The van der Waals surface area contributed by atoms with Gasteiger partial charge in [-0.25, -0.2) is 9.67 Å². The molecule has 0 saturated carbocycles. The van der Waals surface area contributed by atoms with Gasteiger partial charge < -0.3 is 10.4 Å². The standard InChI is InChI=1S/C19H17N5O3/c1-11-3-6-17-22-18(15(10-25)19(27)23(17)9-11)21-14-4-5-16-13(7-14)8-20-24(16)12(2)26/h3-9,21,25H,10H2,1-2H3. The number of carbonyl (C=O) groups excluding carboxylic acids is 1. The van der Waals surface area contributed by atoms with E-state index in [1.54, 1.807) is 30.6 Å². The monoisotopic (exact) mass is 363 g/mol. The maximum absolute atomic E-state index is 12.7.